The molecule has 1 saturated heterocycles. The first kappa shape index (κ1) is 17.3. The Hall–Kier alpha value is -2.17. The van der Waals surface area contributed by atoms with E-state index < -0.39 is 5.54 Å². The third kappa shape index (κ3) is 3.15. The van der Waals surface area contributed by atoms with E-state index in [4.69, 9.17) is 0 Å². The van der Waals surface area contributed by atoms with Crippen LogP contribution in [0.25, 0.3) is 0 Å². The van der Waals surface area contributed by atoms with Crippen LogP contribution in [0.15, 0.2) is 54.6 Å². The van der Waals surface area contributed by atoms with Crippen molar-refractivity contribution in [2.75, 3.05) is 32.7 Å². The van der Waals surface area contributed by atoms with Gasteiger partial charge in [0.2, 0.25) is 5.91 Å². The zero-order chi connectivity index (χ0) is 17.8. The number of amides is 1. The molecule has 1 atom stereocenters. The van der Waals surface area contributed by atoms with Crippen LogP contribution in [0.4, 0.5) is 0 Å². The molecular formula is C22H27N3O. The lowest BCUT2D eigenvalue weighted by molar-refractivity contribution is -0.135. The number of nitrogens with zero attached hydrogens (tertiary/aromatic N) is 1. The first-order valence-electron chi connectivity index (χ1n) is 9.67. The van der Waals surface area contributed by atoms with Crippen LogP contribution in [0.1, 0.15) is 23.1 Å². The molecular weight excluding hydrogens is 322 g/mol. The van der Waals surface area contributed by atoms with Crippen molar-refractivity contribution in [3.05, 3.63) is 71.3 Å². The second-order valence-corrected chi connectivity index (χ2v) is 7.25. The molecule has 26 heavy (non-hydrogen) atoms. The Morgan fingerprint density at radius 3 is 2.58 bits per heavy atom. The van der Waals surface area contributed by atoms with Gasteiger partial charge in [0.05, 0.1) is 0 Å². The minimum Gasteiger partial charge on any atom is -0.354 e. The number of benzene rings is 2. The Kier molecular flexibility index (Phi) is 5.05. The Labute approximate surface area is 155 Å². The number of fused-ring (bicyclic) bond motifs is 1. The van der Waals surface area contributed by atoms with Gasteiger partial charge in [-0.1, -0.05) is 54.6 Å². The fraction of sp³-hybridized carbons (Fsp3) is 0.409. The van der Waals surface area contributed by atoms with E-state index in [-0.39, 0.29) is 5.91 Å². The van der Waals surface area contributed by atoms with Crippen molar-refractivity contribution in [2.24, 2.45) is 0 Å². The molecule has 0 aromatic heterocycles. The molecule has 2 aromatic rings. The lowest BCUT2D eigenvalue weighted by Crippen LogP contribution is -2.60. The van der Waals surface area contributed by atoms with Gasteiger partial charge in [-0.15, -0.1) is 0 Å². The van der Waals surface area contributed by atoms with Gasteiger partial charge >= 0.3 is 0 Å². The maximum atomic E-state index is 13.4. The number of carbonyl (C=O) groups is 1. The van der Waals surface area contributed by atoms with Crippen molar-refractivity contribution in [3.8, 4) is 0 Å². The first-order valence-corrected chi connectivity index (χ1v) is 9.67. The summed E-state index contributed by atoms with van der Waals surface area (Å²) >= 11 is 0. The standard InChI is InChI=1S/C22H27N3O/c26-21(24-13-11-18-6-2-1-3-7-18)22(25-16-14-23-15-17-25)12-10-19-8-4-5-9-20(19)22/h1-9,23H,10-17H2,(H,24,26)/t22-/m0/s1. The van der Waals surface area contributed by atoms with Crippen LogP contribution in [0, 0.1) is 0 Å². The van der Waals surface area contributed by atoms with Gasteiger partial charge in [-0.3, -0.25) is 9.69 Å². The monoisotopic (exact) mass is 349 g/mol. The summed E-state index contributed by atoms with van der Waals surface area (Å²) in [4.78, 5) is 15.8. The lowest BCUT2D eigenvalue weighted by atomic mass is 9.87. The van der Waals surface area contributed by atoms with Gasteiger partial charge in [-0.25, -0.2) is 0 Å². The SMILES string of the molecule is O=C(NCCc1ccccc1)[C@]1(N2CCNCC2)CCc2ccccc21. The molecule has 0 radical (unpaired) electrons. The van der Waals surface area contributed by atoms with Crippen LogP contribution in [0.2, 0.25) is 0 Å². The maximum absolute atomic E-state index is 13.4. The lowest BCUT2D eigenvalue weighted by Gasteiger charge is -2.43. The average Bonchev–Trinajstić information content (AvgIpc) is 3.10. The van der Waals surface area contributed by atoms with Crippen molar-refractivity contribution >= 4 is 5.91 Å². The zero-order valence-corrected chi connectivity index (χ0v) is 15.2. The minimum atomic E-state index is -0.505. The van der Waals surface area contributed by atoms with E-state index in [2.05, 4.69) is 51.9 Å². The third-order valence-electron chi connectivity index (χ3n) is 5.79. The van der Waals surface area contributed by atoms with Crippen molar-refractivity contribution < 1.29 is 4.79 Å². The van der Waals surface area contributed by atoms with Crippen molar-refractivity contribution in [3.63, 3.8) is 0 Å². The molecule has 1 aliphatic heterocycles. The predicted octanol–water partition coefficient (Wildman–Crippen LogP) is 2.09. The summed E-state index contributed by atoms with van der Waals surface area (Å²) in [6.07, 6.45) is 2.72. The molecule has 4 rings (SSSR count). The second-order valence-electron chi connectivity index (χ2n) is 7.25. The first-order chi connectivity index (χ1) is 12.8. The molecule has 1 heterocycles. The normalized spacial score (nSPS) is 22.8. The van der Waals surface area contributed by atoms with Crippen molar-refractivity contribution in [2.45, 2.75) is 24.8 Å². The Morgan fingerprint density at radius 1 is 1.04 bits per heavy atom. The van der Waals surface area contributed by atoms with Crippen molar-refractivity contribution in [1.29, 1.82) is 0 Å². The molecule has 2 aliphatic rings. The molecule has 0 unspecified atom stereocenters. The summed E-state index contributed by atoms with van der Waals surface area (Å²) < 4.78 is 0. The quantitative estimate of drug-likeness (QED) is 0.869. The highest BCUT2D eigenvalue weighted by molar-refractivity contribution is 5.89. The smallest absolute Gasteiger partial charge is 0.245 e. The van der Waals surface area contributed by atoms with Gasteiger partial charge in [-0.2, -0.15) is 0 Å². The van der Waals surface area contributed by atoms with E-state index in [1.807, 2.05) is 18.2 Å². The second kappa shape index (κ2) is 7.60. The topological polar surface area (TPSA) is 44.4 Å². The molecule has 2 aromatic carbocycles. The maximum Gasteiger partial charge on any atom is 0.245 e. The van der Waals surface area contributed by atoms with Crippen molar-refractivity contribution in [1.82, 2.24) is 15.5 Å². The van der Waals surface area contributed by atoms with E-state index >= 15 is 0 Å². The number of nitrogens with one attached hydrogen (secondary N) is 2. The van der Waals surface area contributed by atoms with E-state index in [1.54, 1.807) is 0 Å². The fourth-order valence-corrected chi connectivity index (χ4v) is 4.46. The van der Waals surface area contributed by atoms with Crippen LogP contribution in [0.5, 0.6) is 0 Å². The predicted molar refractivity (Wildman–Crippen MR) is 104 cm³/mol. The highest BCUT2D eigenvalue weighted by Crippen LogP contribution is 2.42. The zero-order valence-electron chi connectivity index (χ0n) is 15.2. The molecule has 0 saturated carbocycles. The summed E-state index contributed by atoms with van der Waals surface area (Å²) in [5.74, 6) is 0.167. The van der Waals surface area contributed by atoms with Gasteiger partial charge in [0, 0.05) is 32.7 Å². The third-order valence-corrected chi connectivity index (χ3v) is 5.79. The van der Waals surface area contributed by atoms with E-state index in [1.165, 1.54) is 16.7 Å². The molecule has 0 spiro atoms. The Morgan fingerprint density at radius 2 is 1.77 bits per heavy atom. The molecule has 0 bridgehead atoms. The summed E-state index contributed by atoms with van der Waals surface area (Å²) in [7, 11) is 0. The molecule has 4 heteroatoms. The molecule has 1 amide bonds. The van der Waals surface area contributed by atoms with Gasteiger partial charge in [0.15, 0.2) is 0 Å². The number of aryl methyl sites for hydroxylation is 1. The van der Waals surface area contributed by atoms with E-state index in [9.17, 15) is 4.79 Å². The minimum absolute atomic E-state index is 0.167. The highest BCUT2D eigenvalue weighted by Gasteiger charge is 2.49. The Balaban J connectivity index is 1.54. The fourth-order valence-electron chi connectivity index (χ4n) is 4.46. The summed E-state index contributed by atoms with van der Waals surface area (Å²) in [5.41, 5.74) is 3.29. The number of hydrogen-bond acceptors (Lipinski definition) is 3. The van der Waals surface area contributed by atoms with Crippen LogP contribution in [0.3, 0.4) is 0 Å². The van der Waals surface area contributed by atoms with Crippen LogP contribution in [-0.4, -0.2) is 43.5 Å². The largest absolute Gasteiger partial charge is 0.354 e. The van der Waals surface area contributed by atoms with Gasteiger partial charge < -0.3 is 10.6 Å². The van der Waals surface area contributed by atoms with Gasteiger partial charge in [-0.05, 0) is 36.0 Å². The highest BCUT2D eigenvalue weighted by atomic mass is 16.2. The van der Waals surface area contributed by atoms with Crippen LogP contribution < -0.4 is 10.6 Å². The van der Waals surface area contributed by atoms with Gasteiger partial charge in [0.1, 0.15) is 5.54 Å². The average molecular weight is 349 g/mol. The van der Waals surface area contributed by atoms with Gasteiger partial charge in [0.25, 0.3) is 0 Å². The van der Waals surface area contributed by atoms with E-state index in [0.29, 0.717) is 6.54 Å². The number of carbonyl (C=O) groups excluding carboxylic acids is 1. The molecule has 1 aliphatic carbocycles. The summed E-state index contributed by atoms with van der Waals surface area (Å²) in [6.45, 7) is 4.40. The summed E-state index contributed by atoms with van der Waals surface area (Å²) in [5, 5.41) is 6.66. The molecule has 2 N–H and O–H groups in total. The number of rotatable bonds is 5. The summed E-state index contributed by atoms with van der Waals surface area (Å²) in [6, 6.07) is 18.8. The molecule has 1 fully saturated rings. The number of hydrogen-bond donors (Lipinski definition) is 2. The van der Waals surface area contributed by atoms with E-state index in [0.717, 1.165) is 45.4 Å². The Bertz CT molecular complexity index is 755. The van der Waals surface area contributed by atoms with Crippen LogP contribution >= 0.6 is 0 Å². The molecule has 136 valence electrons. The molecule has 4 nitrogen and oxygen atoms in total. The number of piperazine rings is 1. The van der Waals surface area contributed by atoms with Crippen LogP contribution in [-0.2, 0) is 23.2 Å².